The van der Waals surface area contributed by atoms with E-state index in [1.165, 1.54) is 30.3 Å². The Labute approximate surface area is 237 Å². The van der Waals surface area contributed by atoms with Crippen LogP contribution >= 0.6 is 0 Å². The summed E-state index contributed by atoms with van der Waals surface area (Å²) in [6.45, 7) is 3.12. The van der Waals surface area contributed by atoms with Gasteiger partial charge in [-0.3, -0.25) is 24.0 Å². The van der Waals surface area contributed by atoms with Crippen molar-refractivity contribution in [1.82, 2.24) is 5.32 Å². The monoisotopic (exact) mass is 616 g/mol. The highest BCUT2D eigenvalue weighted by Crippen LogP contribution is 2.41. The summed E-state index contributed by atoms with van der Waals surface area (Å²) in [5.74, 6) is -2.85. The Bertz CT molecular complexity index is 1970. The maximum Gasteiger partial charge on any atom is 0.318 e. The predicted molar refractivity (Wildman–Crippen MR) is 149 cm³/mol. The number of primary amides is 1. The van der Waals surface area contributed by atoms with Crippen LogP contribution in [-0.4, -0.2) is 54.6 Å². The molecule has 18 heteroatoms. The number of fused-ring (bicyclic) bond motifs is 2. The van der Waals surface area contributed by atoms with Gasteiger partial charge < -0.3 is 27.2 Å². The highest BCUT2D eigenvalue weighted by atomic mass is 32.2. The number of aliphatic imine (C=N–C) groups is 1. The molecule has 0 heterocycles. The first-order valence-electron chi connectivity index (χ1n) is 11.3. The Balaban J connectivity index is 1.91. The zero-order valence-corrected chi connectivity index (χ0v) is 22.6. The van der Waals surface area contributed by atoms with Crippen molar-refractivity contribution in [1.29, 1.82) is 0 Å². The molecule has 0 bridgehead atoms. The second kappa shape index (κ2) is 10.6. The third kappa shape index (κ3) is 5.76. The maximum absolute atomic E-state index is 13.5. The average molecular weight is 617 g/mol. The summed E-state index contributed by atoms with van der Waals surface area (Å²) in [5.41, 5.74) is 8.16. The number of nitrogen functional groups attached to an aromatic ring is 1. The quantitative estimate of drug-likeness (QED) is 0.0504. The molecule has 10 N–H and O–H groups in total. The van der Waals surface area contributed by atoms with E-state index in [9.17, 15) is 45.4 Å². The van der Waals surface area contributed by atoms with Crippen LogP contribution in [0.2, 0.25) is 0 Å². The lowest BCUT2D eigenvalue weighted by Gasteiger charge is -2.24. The molecule has 0 spiro atoms. The van der Waals surface area contributed by atoms with Gasteiger partial charge in [0.15, 0.2) is 11.6 Å². The minimum absolute atomic E-state index is 0.0501. The van der Waals surface area contributed by atoms with Crippen molar-refractivity contribution in [2.75, 3.05) is 16.4 Å². The molecule has 0 fully saturated rings. The number of aliphatic hydroxyl groups excluding tert-OH is 1. The van der Waals surface area contributed by atoms with Gasteiger partial charge in [-0.2, -0.15) is 21.8 Å². The highest BCUT2D eigenvalue weighted by Gasteiger charge is 2.36. The molecule has 0 radical (unpaired) electrons. The molecule has 0 saturated heterocycles. The van der Waals surface area contributed by atoms with Crippen LogP contribution in [0.5, 0.6) is 0 Å². The number of anilines is 4. The number of urea groups is 1. The molecule has 0 saturated carbocycles. The van der Waals surface area contributed by atoms with Gasteiger partial charge in [-0.05, 0) is 30.8 Å². The molecule has 0 aromatic heterocycles. The minimum atomic E-state index is -5.07. The Morgan fingerprint density at radius 3 is 1.95 bits per heavy atom. The third-order valence-electron chi connectivity index (χ3n) is 5.75. The van der Waals surface area contributed by atoms with Gasteiger partial charge in [0.25, 0.3) is 20.2 Å². The van der Waals surface area contributed by atoms with E-state index in [0.717, 1.165) is 18.2 Å². The minimum Gasteiger partial charge on any atom is -0.494 e. The predicted octanol–water partition coefficient (Wildman–Crippen LogP) is 1.75. The summed E-state index contributed by atoms with van der Waals surface area (Å²) in [6.07, 6.45) is 0. The summed E-state index contributed by atoms with van der Waals surface area (Å²) < 4.78 is 68.7. The number of hydrogen-bond donors (Lipinski definition) is 8. The Morgan fingerprint density at radius 1 is 0.857 bits per heavy atom. The fourth-order valence-electron chi connectivity index (χ4n) is 4.14. The number of carbonyl (C=O) groups is 3. The lowest BCUT2D eigenvalue weighted by molar-refractivity contribution is 0.0980. The first-order valence-corrected chi connectivity index (χ1v) is 14.2. The third-order valence-corrected chi connectivity index (χ3v) is 7.54. The van der Waals surface area contributed by atoms with Crippen LogP contribution in [0.15, 0.2) is 75.8 Å². The van der Waals surface area contributed by atoms with Crippen LogP contribution in [0.4, 0.5) is 27.5 Å². The van der Waals surface area contributed by atoms with Crippen LogP contribution in [0, 0.1) is 0 Å². The molecule has 0 aliphatic heterocycles. The highest BCUT2D eigenvalue weighted by molar-refractivity contribution is 7.86. The molecule has 42 heavy (non-hydrogen) atoms. The molecule has 1 aliphatic rings. The van der Waals surface area contributed by atoms with Crippen molar-refractivity contribution in [3.8, 4) is 0 Å². The zero-order chi connectivity index (χ0) is 31.1. The number of guanidine groups is 1. The number of benzene rings is 3. The summed E-state index contributed by atoms with van der Waals surface area (Å²) in [4.78, 5) is 39.8. The fourth-order valence-corrected chi connectivity index (χ4v) is 5.46. The van der Waals surface area contributed by atoms with Gasteiger partial charge in [0.1, 0.15) is 9.79 Å². The van der Waals surface area contributed by atoms with Crippen molar-refractivity contribution in [3.05, 3.63) is 83.2 Å². The molecular formula is C24H20N6O10S2. The summed E-state index contributed by atoms with van der Waals surface area (Å²) in [7, 11) is -10.1. The fraction of sp³-hybridized carbons (Fsp3) is 0. The standard InChI is InChI=1S/C24H20N6O10S2/c1-10(31)27-24(30-23(26)34)28-11-6-7-14(16(8-11)41(35,36)37)29-15-9-17(42(38,39)40)20(25)19-18(15)21(32)12-4-2-3-5-13(12)22(19)33/h2-9,29,31H,1,25H2,(H,35,36,37)(H,38,39,40)(H4,26,27,28,30,34). The molecule has 3 aromatic carbocycles. The van der Waals surface area contributed by atoms with Gasteiger partial charge in [0.05, 0.1) is 28.2 Å². The molecule has 0 unspecified atom stereocenters. The second-order valence-corrected chi connectivity index (χ2v) is 11.3. The number of carbonyl (C=O) groups excluding carboxylic acids is 3. The van der Waals surface area contributed by atoms with Crippen molar-refractivity contribution in [3.63, 3.8) is 0 Å². The molecule has 218 valence electrons. The smallest absolute Gasteiger partial charge is 0.318 e. The number of nitrogens with two attached hydrogens (primary N) is 2. The van der Waals surface area contributed by atoms with Crippen LogP contribution in [-0.2, 0) is 20.2 Å². The first-order chi connectivity index (χ1) is 19.5. The van der Waals surface area contributed by atoms with Crippen LogP contribution < -0.4 is 27.4 Å². The van der Waals surface area contributed by atoms with Gasteiger partial charge in [0.2, 0.25) is 11.8 Å². The van der Waals surface area contributed by atoms with Gasteiger partial charge in [-0.1, -0.05) is 24.3 Å². The normalized spacial score (nSPS) is 13.1. The number of aliphatic hydroxyl groups is 1. The van der Waals surface area contributed by atoms with E-state index >= 15 is 0 Å². The number of nitrogens with one attached hydrogen (secondary N) is 3. The van der Waals surface area contributed by atoms with Crippen molar-refractivity contribution >= 4 is 66.5 Å². The number of rotatable bonds is 6. The number of ketones is 2. The van der Waals surface area contributed by atoms with E-state index in [1.807, 2.05) is 5.32 Å². The molecule has 4 rings (SSSR count). The Kier molecular flexibility index (Phi) is 7.49. The molecule has 3 aromatic rings. The molecular weight excluding hydrogens is 596 g/mol. The number of hydrogen-bond acceptors (Lipinski definition) is 11. The first kappa shape index (κ1) is 29.7. The molecule has 1 aliphatic carbocycles. The maximum atomic E-state index is 13.5. The van der Waals surface area contributed by atoms with Crippen molar-refractivity contribution < 1.29 is 45.4 Å². The van der Waals surface area contributed by atoms with E-state index in [1.54, 1.807) is 0 Å². The Morgan fingerprint density at radius 2 is 1.43 bits per heavy atom. The molecule has 0 atom stereocenters. The van der Waals surface area contributed by atoms with Crippen LogP contribution in [0.1, 0.15) is 31.8 Å². The Hall–Kier alpha value is -5.30. The van der Waals surface area contributed by atoms with Gasteiger partial charge >= 0.3 is 6.03 Å². The summed E-state index contributed by atoms with van der Waals surface area (Å²) >= 11 is 0. The van der Waals surface area contributed by atoms with Crippen molar-refractivity contribution in [2.24, 2.45) is 10.7 Å². The van der Waals surface area contributed by atoms with Gasteiger partial charge in [-0.25, -0.2) is 4.79 Å². The largest absolute Gasteiger partial charge is 0.494 e. The second-order valence-electron chi connectivity index (χ2n) is 8.57. The number of amides is 2. The van der Waals surface area contributed by atoms with E-state index in [-0.39, 0.29) is 16.8 Å². The SMILES string of the molecule is C=C(O)/N=C(\NC(N)=O)Nc1ccc(Nc2cc(S(=O)(=O)O)c(N)c3c2C(=O)c2ccccc2C3=O)c(S(=O)(=O)O)c1. The topological polar surface area (TPSA) is 281 Å². The van der Waals surface area contributed by atoms with Gasteiger partial charge in [0, 0.05) is 16.8 Å². The van der Waals surface area contributed by atoms with E-state index in [0.29, 0.717) is 0 Å². The lowest BCUT2D eigenvalue weighted by atomic mass is 9.82. The lowest BCUT2D eigenvalue weighted by Crippen LogP contribution is -2.39. The molecule has 16 nitrogen and oxygen atoms in total. The zero-order valence-electron chi connectivity index (χ0n) is 20.9. The van der Waals surface area contributed by atoms with Crippen molar-refractivity contribution in [2.45, 2.75) is 9.79 Å². The summed E-state index contributed by atoms with van der Waals surface area (Å²) in [5, 5.41) is 16.3. The number of nitrogens with zero attached hydrogens (tertiary/aromatic N) is 1. The summed E-state index contributed by atoms with van der Waals surface area (Å²) in [6, 6.07) is 8.32. The molecule has 2 amide bonds. The van der Waals surface area contributed by atoms with Gasteiger partial charge in [-0.15, -0.1) is 0 Å². The van der Waals surface area contributed by atoms with E-state index in [4.69, 9.17) is 11.5 Å². The van der Waals surface area contributed by atoms with Crippen LogP contribution in [0.3, 0.4) is 0 Å². The van der Waals surface area contributed by atoms with Crippen LogP contribution in [0.25, 0.3) is 0 Å². The van der Waals surface area contributed by atoms with E-state index in [2.05, 4.69) is 22.2 Å². The average Bonchev–Trinajstić information content (AvgIpc) is 2.86. The van der Waals surface area contributed by atoms with E-state index < -0.39 is 87.7 Å².